The van der Waals surface area contributed by atoms with Gasteiger partial charge in [0.25, 0.3) is 5.91 Å². The predicted octanol–water partition coefficient (Wildman–Crippen LogP) is 1.52. The van der Waals surface area contributed by atoms with Crippen molar-refractivity contribution in [2.75, 3.05) is 13.3 Å². The standard InChI is InChI=1S/C18H22N6O5/c1-12(26)24(17-9-14(15(10-25)29-17)28-11-21-23-20)8-7-16(19)22-18(27)13-5-3-2-4-6-13/h2-8,14-15,17,25H,9-11H2,1H3,(H2,19,22,27)/b8-7-/t14?,15-,17-/m1/s1. The Morgan fingerprint density at radius 3 is 2.83 bits per heavy atom. The summed E-state index contributed by atoms with van der Waals surface area (Å²) in [6.07, 6.45) is 0.817. The SMILES string of the molecule is CC(=O)N(/C=C\C(=N)NC(=O)c1ccccc1)[C@H]1CC(OCN=[N+]=[N-])[C@@H](CO)O1. The maximum Gasteiger partial charge on any atom is 0.256 e. The van der Waals surface area contributed by atoms with Crippen molar-refractivity contribution in [3.63, 3.8) is 0 Å². The topological polar surface area (TPSA) is 161 Å². The number of amidine groups is 1. The molecule has 154 valence electrons. The number of nitrogens with zero attached hydrogens (tertiary/aromatic N) is 4. The molecule has 1 unspecified atom stereocenters. The molecule has 1 aliphatic rings. The number of ether oxygens (including phenoxy) is 2. The number of hydrogen-bond donors (Lipinski definition) is 3. The molecule has 0 radical (unpaired) electrons. The van der Waals surface area contributed by atoms with E-state index >= 15 is 0 Å². The van der Waals surface area contributed by atoms with Crippen molar-refractivity contribution >= 4 is 17.6 Å². The van der Waals surface area contributed by atoms with Crippen molar-refractivity contribution in [3.05, 3.63) is 58.6 Å². The monoisotopic (exact) mass is 402 g/mol. The number of rotatable bonds is 8. The van der Waals surface area contributed by atoms with Gasteiger partial charge in [0.2, 0.25) is 5.91 Å². The van der Waals surface area contributed by atoms with Gasteiger partial charge < -0.3 is 19.9 Å². The minimum absolute atomic E-state index is 0.210. The lowest BCUT2D eigenvalue weighted by Crippen LogP contribution is -2.36. The Morgan fingerprint density at radius 2 is 2.21 bits per heavy atom. The first-order chi connectivity index (χ1) is 14.0. The molecule has 29 heavy (non-hydrogen) atoms. The molecule has 11 nitrogen and oxygen atoms in total. The fourth-order valence-electron chi connectivity index (χ4n) is 2.75. The number of carbonyl (C=O) groups excluding carboxylic acids is 2. The van der Waals surface area contributed by atoms with Gasteiger partial charge in [-0.1, -0.05) is 23.3 Å². The molecule has 1 heterocycles. The zero-order valence-electron chi connectivity index (χ0n) is 15.8. The summed E-state index contributed by atoms with van der Waals surface area (Å²) in [7, 11) is 0. The van der Waals surface area contributed by atoms with E-state index in [0.717, 1.165) is 0 Å². The van der Waals surface area contributed by atoms with Crippen molar-refractivity contribution in [1.29, 1.82) is 5.41 Å². The molecule has 3 N–H and O–H groups in total. The van der Waals surface area contributed by atoms with Crippen LogP contribution in [0.5, 0.6) is 0 Å². The average Bonchev–Trinajstić information content (AvgIpc) is 3.11. The van der Waals surface area contributed by atoms with E-state index in [0.29, 0.717) is 5.56 Å². The third kappa shape index (κ3) is 6.40. The predicted molar refractivity (Wildman–Crippen MR) is 103 cm³/mol. The van der Waals surface area contributed by atoms with Crippen LogP contribution in [0, 0.1) is 5.41 Å². The van der Waals surface area contributed by atoms with Gasteiger partial charge in [0, 0.05) is 30.0 Å². The normalized spacial score (nSPS) is 20.8. The number of carbonyl (C=O) groups is 2. The molecule has 2 amide bonds. The van der Waals surface area contributed by atoms with Crippen LogP contribution in [0.2, 0.25) is 0 Å². The molecule has 1 fully saturated rings. The van der Waals surface area contributed by atoms with E-state index in [1.165, 1.54) is 24.1 Å². The van der Waals surface area contributed by atoms with Crippen molar-refractivity contribution < 1.29 is 24.2 Å². The Morgan fingerprint density at radius 1 is 1.48 bits per heavy atom. The van der Waals surface area contributed by atoms with Crippen LogP contribution in [-0.4, -0.2) is 59.4 Å². The molecular formula is C18H22N6O5. The number of azide groups is 1. The molecule has 0 aromatic heterocycles. The molecule has 1 aliphatic heterocycles. The second-order valence-corrected chi connectivity index (χ2v) is 6.09. The van der Waals surface area contributed by atoms with E-state index < -0.39 is 24.3 Å². The fourth-order valence-corrected chi connectivity index (χ4v) is 2.75. The van der Waals surface area contributed by atoms with Crippen LogP contribution >= 0.6 is 0 Å². The fraction of sp³-hybridized carbons (Fsp3) is 0.389. The minimum Gasteiger partial charge on any atom is -0.394 e. The van der Waals surface area contributed by atoms with Crippen molar-refractivity contribution in [1.82, 2.24) is 10.2 Å². The Balaban J connectivity index is 2.00. The third-order valence-corrected chi connectivity index (χ3v) is 4.13. The minimum atomic E-state index is -0.741. The van der Waals surface area contributed by atoms with Gasteiger partial charge in [-0.2, -0.15) is 0 Å². The summed E-state index contributed by atoms with van der Waals surface area (Å²) in [5, 5.41) is 23.0. The van der Waals surface area contributed by atoms with E-state index in [-0.39, 0.29) is 31.5 Å². The van der Waals surface area contributed by atoms with Crippen molar-refractivity contribution in [3.8, 4) is 0 Å². The molecule has 0 spiro atoms. The zero-order chi connectivity index (χ0) is 21.2. The molecule has 3 atom stereocenters. The number of hydrogen-bond acceptors (Lipinski definition) is 7. The lowest BCUT2D eigenvalue weighted by atomic mass is 10.2. The Hall–Kier alpha value is -3.24. The van der Waals surface area contributed by atoms with E-state index in [1.54, 1.807) is 30.3 Å². The summed E-state index contributed by atoms with van der Waals surface area (Å²) in [4.78, 5) is 27.9. The van der Waals surface area contributed by atoms with Gasteiger partial charge in [0.1, 0.15) is 24.9 Å². The quantitative estimate of drug-likeness (QED) is 0.197. The summed E-state index contributed by atoms with van der Waals surface area (Å²) in [6.45, 7) is 0.762. The van der Waals surface area contributed by atoms with Gasteiger partial charge in [0.15, 0.2) is 0 Å². The third-order valence-electron chi connectivity index (χ3n) is 4.13. The number of amides is 2. The summed E-state index contributed by atoms with van der Waals surface area (Å²) >= 11 is 0. The van der Waals surface area contributed by atoms with Crippen LogP contribution in [0.15, 0.2) is 47.7 Å². The van der Waals surface area contributed by atoms with Gasteiger partial charge >= 0.3 is 0 Å². The van der Waals surface area contributed by atoms with E-state index in [4.69, 9.17) is 20.4 Å². The Bertz CT molecular complexity index is 808. The van der Waals surface area contributed by atoms with E-state index in [2.05, 4.69) is 15.3 Å². The number of nitrogens with one attached hydrogen (secondary N) is 2. The molecular weight excluding hydrogens is 380 g/mol. The second-order valence-electron chi connectivity index (χ2n) is 6.09. The summed E-state index contributed by atoms with van der Waals surface area (Å²) < 4.78 is 11.0. The highest BCUT2D eigenvalue weighted by molar-refractivity contribution is 6.09. The highest BCUT2D eigenvalue weighted by atomic mass is 16.6. The molecule has 1 aromatic rings. The first kappa shape index (κ1) is 22.1. The smallest absolute Gasteiger partial charge is 0.256 e. The van der Waals surface area contributed by atoms with Crippen molar-refractivity contribution in [2.24, 2.45) is 5.11 Å². The number of benzene rings is 1. The second kappa shape index (κ2) is 10.9. The first-order valence-electron chi connectivity index (χ1n) is 8.77. The summed E-state index contributed by atoms with van der Waals surface area (Å²) in [5.74, 6) is -1.02. The molecule has 1 aromatic carbocycles. The van der Waals surface area contributed by atoms with Crippen LogP contribution in [0.25, 0.3) is 10.4 Å². The van der Waals surface area contributed by atoms with Gasteiger partial charge in [-0.25, -0.2) is 0 Å². The summed E-state index contributed by atoms with van der Waals surface area (Å²) in [6, 6.07) is 8.43. The molecule has 0 bridgehead atoms. The Kier molecular flexibility index (Phi) is 8.31. The first-order valence-corrected chi connectivity index (χ1v) is 8.77. The van der Waals surface area contributed by atoms with Crippen LogP contribution in [0.4, 0.5) is 0 Å². The maximum absolute atomic E-state index is 12.1. The van der Waals surface area contributed by atoms with Gasteiger partial charge in [-0.15, -0.1) is 0 Å². The van der Waals surface area contributed by atoms with E-state index in [1.807, 2.05) is 0 Å². The highest BCUT2D eigenvalue weighted by Crippen LogP contribution is 2.26. The highest BCUT2D eigenvalue weighted by Gasteiger charge is 2.39. The van der Waals surface area contributed by atoms with Gasteiger partial charge in [-0.05, 0) is 23.7 Å². The largest absolute Gasteiger partial charge is 0.394 e. The molecule has 0 aliphatic carbocycles. The van der Waals surface area contributed by atoms with Crippen LogP contribution in [0.3, 0.4) is 0 Å². The molecule has 0 saturated carbocycles. The van der Waals surface area contributed by atoms with Gasteiger partial charge in [0.05, 0.1) is 12.7 Å². The van der Waals surface area contributed by atoms with Crippen LogP contribution in [0.1, 0.15) is 23.7 Å². The molecule has 11 heteroatoms. The lowest BCUT2D eigenvalue weighted by Gasteiger charge is -2.23. The van der Waals surface area contributed by atoms with Crippen LogP contribution < -0.4 is 5.32 Å². The number of aliphatic hydroxyl groups excluding tert-OH is 1. The average molecular weight is 402 g/mol. The Labute approximate surface area is 167 Å². The number of aliphatic hydroxyl groups is 1. The zero-order valence-corrected chi connectivity index (χ0v) is 15.8. The molecule has 1 saturated heterocycles. The van der Waals surface area contributed by atoms with E-state index in [9.17, 15) is 14.7 Å². The van der Waals surface area contributed by atoms with Gasteiger partial charge in [-0.3, -0.25) is 19.9 Å². The van der Waals surface area contributed by atoms with Crippen LogP contribution in [-0.2, 0) is 14.3 Å². The lowest BCUT2D eigenvalue weighted by molar-refractivity contribution is -0.138. The van der Waals surface area contributed by atoms with Crippen molar-refractivity contribution in [2.45, 2.75) is 31.8 Å². The summed E-state index contributed by atoms with van der Waals surface area (Å²) in [5.41, 5.74) is 8.72. The maximum atomic E-state index is 12.1. The molecule has 2 rings (SSSR count).